The van der Waals surface area contributed by atoms with E-state index in [1.807, 2.05) is 6.20 Å². The number of aromatic nitrogens is 4. The molecule has 0 spiro atoms. The quantitative estimate of drug-likeness (QED) is 0.152. The van der Waals surface area contributed by atoms with Gasteiger partial charge in [-0.25, -0.2) is 9.67 Å². The van der Waals surface area contributed by atoms with Gasteiger partial charge in [0.05, 0.1) is 28.1 Å². The predicted molar refractivity (Wildman–Crippen MR) is 218 cm³/mol. The van der Waals surface area contributed by atoms with Gasteiger partial charge in [0.1, 0.15) is 17.3 Å². The normalized spacial score (nSPS) is 12.2. The molecule has 0 aliphatic carbocycles. The minimum absolute atomic E-state index is 0.104. The van der Waals surface area contributed by atoms with Crippen molar-refractivity contribution < 1.29 is 4.74 Å². The fraction of sp³-hybridized carbons (Fsp3) is 0.319. The van der Waals surface area contributed by atoms with Crippen molar-refractivity contribution in [3.63, 3.8) is 0 Å². The molecule has 4 aromatic carbocycles. The zero-order valence-electron chi connectivity index (χ0n) is 32.5. The molecule has 0 saturated carbocycles. The van der Waals surface area contributed by atoms with Gasteiger partial charge < -0.3 is 4.74 Å². The van der Waals surface area contributed by atoms with Gasteiger partial charge in [0.25, 0.3) is 0 Å². The van der Waals surface area contributed by atoms with Gasteiger partial charge in [-0.15, -0.1) is 0 Å². The van der Waals surface area contributed by atoms with E-state index in [9.17, 15) is 0 Å². The summed E-state index contributed by atoms with van der Waals surface area (Å²) in [7, 11) is 0. The minimum atomic E-state index is -0.104. The van der Waals surface area contributed by atoms with Crippen LogP contribution in [0.3, 0.4) is 0 Å². The molecule has 0 aliphatic heterocycles. The van der Waals surface area contributed by atoms with Crippen molar-refractivity contribution in [1.29, 1.82) is 0 Å². The second-order valence-electron chi connectivity index (χ2n) is 16.2. The van der Waals surface area contributed by atoms with Crippen LogP contribution in [-0.2, 0) is 11.8 Å². The Morgan fingerprint density at radius 2 is 1.44 bits per heavy atom. The maximum atomic E-state index is 6.86. The SMILES string of the molecule is Cc1cccc(C)c1-c1c(C)nn(-c2cc(Oc3ccc4c5ccccc5n(-c5cc(C(C)C)ccn5)c4c3)cc(C(C)(C)C)c2)c1CCC(C)C. The fourth-order valence-electron chi connectivity index (χ4n) is 7.49. The average Bonchev–Trinajstić information content (AvgIpc) is 3.60. The Bertz CT molecular complexity index is 2400. The van der Waals surface area contributed by atoms with Crippen LogP contribution < -0.4 is 4.74 Å². The van der Waals surface area contributed by atoms with Crippen molar-refractivity contribution in [2.45, 2.75) is 93.4 Å². The molecule has 0 saturated heterocycles. The van der Waals surface area contributed by atoms with Crippen LogP contribution >= 0.6 is 0 Å². The van der Waals surface area contributed by atoms with Crippen molar-refractivity contribution in [3.8, 4) is 34.1 Å². The lowest BCUT2D eigenvalue weighted by Gasteiger charge is -2.22. The first kappa shape index (κ1) is 35.3. The molecule has 0 atom stereocenters. The van der Waals surface area contributed by atoms with Crippen molar-refractivity contribution >= 4 is 21.8 Å². The Morgan fingerprint density at radius 3 is 2.15 bits per heavy atom. The second kappa shape index (κ2) is 13.8. The first-order chi connectivity index (χ1) is 24.8. The number of pyridine rings is 1. The molecule has 0 N–H and O–H groups in total. The van der Waals surface area contributed by atoms with E-state index >= 15 is 0 Å². The number of hydrogen-bond donors (Lipinski definition) is 0. The second-order valence-corrected chi connectivity index (χ2v) is 16.2. The standard InChI is InChI=1S/C47H52N4O/c1-29(2)18-21-42-46(45-31(5)14-13-15-32(45)6)33(7)49-51(42)36-25-35(47(8,9)10)26-38(27-36)52-37-19-20-40-39-16-11-12-17-41(39)50(43(40)28-37)44-24-34(30(3)4)22-23-48-44/h11-17,19-20,22-30H,18,21H2,1-10H3. The molecule has 0 unspecified atom stereocenters. The Kier molecular flexibility index (Phi) is 9.33. The Labute approximate surface area is 309 Å². The van der Waals surface area contributed by atoms with E-state index in [-0.39, 0.29) is 5.41 Å². The van der Waals surface area contributed by atoms with Crippen molar-refractivity contribution in [2.24, 2.45) is 5.92 Å². The lowest BCUT2D eigenvalue weighted by Crippen LogP contribution is -2.13. The maximum Gasteiger partial charge on any atom is 0.137 e. The van der Waals surface area contributed by atoms with Crippen molar-refractivity contribution in [3.05, 3.63) is 131 Å². The summed E-state index contributed by atoms with van der Waals surface area (Å²) in [5.74, 6) is 3.46. The molecule has 266 valence electrons. The Morgan fingerprint density at radius 1 is 0.712 bits per heavy atom. The van der Waals surface area contributed by atoms with Gasteiger partial charge in [0, 0.05) is 34.7 Å². The van der Waals surface area contributed by atoms with Gasteiger partial charge in [-0.05, 0) is 121 Å². The molecule has 7 rings (SSSR count). The van der Waals surface area contributed by atoms with E-state index in [0.29, 0.717) is 11.8 Å². The first-order valence-corrected chi connectivity index (χ1v) is 18.8. The highest BCUT2D eigenvalue weighted by atomic mass is 16.5. The first-order valence-electron chi connectivity index (χ1n) is 18.8. The fourth-order valence-corrected chi connectivity index (χ4v) is 7.49. The van der Waals surface area contributed by atoms with Crippen LogP contribution in [0, 0.1) is 26.7 Å². The maximum absolute atomic E-state index is 6.86. The van der Waals surface area contributed by atoms with Gasteiger partial charge in [-0.3, -0.25) is 4.57 Å². The molecule has 0 fully saturated rings. The number of hydrogen-bond acceptors (Lipinski definition) is 3. The molecule has 0 aliphatic rings. The molecule has 0 radical (unpaired) electrons. The lowest BCUT2D eigenvalue weighted by atomic mass is 9.86. The third-order valence-corrected chi connectivity index (χ3v) is 10.4. The summed E-state index contributed by atoms with van der Waals surface area (Å²) in [6, 6.07) is 32.5. The minimum Gasteiger partial charge on any atom is -0.457 e. The summed E-state index contributed by atoms with van der Waals surface area (Å²) in [6.07, 6.45) is 3.93. The highest BCUT2D eigenvalue weighted by molar-refractivity contribution is 6.09. The number of benzene rings is 4. The molecule has 0 bridgehead atoms. The zero-order chi connectivity index (χ0) is 36.9. The lowest BCUT2D eigenvalue weighted by molar-refractivity contribution is 0.478. The van der Waals surface area contributed by atoms with E-state index in [1.165, 1.54) is 49.8 Å². The van der Waals surface area contributed by atoms with Crippen LogP contribution in [0.5, 0.6) is 11.5 Å². The van der Waals surface area contributed by atoms with Gasteiger partial charge in [0.15, 0.2) is 0 Å². The number of ether oxygens (including phenoxy) is 1. The molecular weight excluding hydrogens is 637 g/mol. The van der Waals surface area contributed by atoms with Gasteiger partial charge in [0.2, 0.25) is 0 Å². The van der Waals surface area contributed by atoms with Crippen molar-refractivity contribution in [2.75, 3.05) is 0 Å². The van der Waals surface area contributed by atoms with Crippen LogP contribution in [0.15, 0.2) is 97.2 Å². The third-order valence-electron chi connectivity index (χ3n) is 10.4. The zero-order valence-corrected chi connectivity index (χ0v) is 32.5. The van der Waals surface area contributed by atoms with Crippen molar-refractivity contribution in [1.82, 2.24) is 19.3 Å². The van der Waals surface area contributed by atoms with Crippen LogP contribution in [-0.4, -0.2) is 19.3 Å². The molecule has 3 heterocycles. The van der Waals surface area contributed by atoms with Gasteiger partial charge in [-0.2, -0.15) is 5.10 Å². The van der Waals surface area contributed by atoms with Crippen LogP contribution in [0.2, 0.25) is 0 Å². The highest BCUT2D eigenvalue weighted by Crippen LogP contribution is 2.39. The monoisotopic (exact) mass is 688 g/mol. The van der Waals surface area contributed by atoms with Gasteiger partial charge >= 0.3 is 0 Å². The predicted octanol–water partition coefficient (Wildman–Crippen LogP) is 12.8. The van der Waals surface area contributed by atoms with E-state index in [1.54, 1.807) is 0 Å². The van der Waals surface area contributed by atoms with E-state index < -0.39 is 0 Å². The largest absolute Gasteiger partial charge is 0.457 e. The number of aryl methyl sites for hydroxylation is 3. The molecule has 0 amide bonds. The summed E-state index contributed by atoms with van der Waals surface area (Å²) in [6.45, 7) is 22.4. The van der Waals surface area contributed by atoms with Gasteiger partial charge in [-0.1, -0.05) is 84.9 Å². The smallest absolute Gasteiger partial charge is 0.137 e. The molecule has 3 aromatic heterocycles. The molecule has 52 heavy (non-hydrogen) atoms. The van der Waals surface area contributed by atoms with E-state index in [2.05, 4.69) is 169 Å². The van der Waals surface area contributed by atoms with E-state index in [4.69, 9.17) is 14.8 Å². The molecule has 7 aromatic rings. The topological polar surface area (TPSA) is 44.9 Å². The highest BCUT2D eigenvalue weighted by Gasteiger charge is 2.24. The summed E-state index contributed by atoms with van der Waals surface area (Å²) in [5, 5.41) is 7.64. The van der Waals surface area contributed by atoms with E-state index in [0.717, 1.165) is 52.6 Å². The number of nitrogens with zero attached hydrogens (tertiary/aromatic N) is 4. The Balaban J connectivity index is 1.38. The summed E-state index contributed by atoms with van der Waals surface area (Å²) in [4.78, 5) is 4.85. The van der Waals surface area contributed by atoms with Crippen LogP contribution in [0.4, 0.5) is 0 Å². The number of para-hydroxylation sites is 1. The Hall–Kier alpha value is -5.16. The molecular formula is C47H52N4O. The number of fused-ring (bicyclic) bond motifs is 3. The van der Waals surface area contributed by atoms with Crippen LogP contribution in [0.25, 0.3) is 44.4 Å². The third kappa shape index (κ3) is 6.65. The summed E-state index contributed by atoms with van der Waals surface area (Å²) in [5.41, 5.74) is 13.0. The summed E-state index contributed by atoms with van der Waals surface area (Å²) >= 11 is 0. The van der Waals surface area contributed by atoms with Crippen LogP contribution in [0.1, 0.15) is 94.4 Å². The average molecular weight is 689 g/mol. The molecule has 5 heteroatoms. The summed E-state index contributed by atoms with van der Waals surface area (Å²) < 4.78 is 11.3. The molecule has 5 nitrogen and oxygen atoms in total. The number of rotatable bonds is 9.